The van der Waals surface area contributed by atoms with Gasteiger partial charge in [0, 0.05) is 17.3 Å². The molecule has 4 aromatic rings. The molecule has 2 aromatic heterocycles. The van der Waals surface area contributed by atoms with Crippen molar-refractivity contribution in [2.75, 3.05) is 6.61 Å². The summed E-state index contributed by atoms with van der Waals surface area (Å²) in [5.74, 6) is -2.82. The fraction of sp³-hybridized carbons (Fsp3) is 0.125. The van der Waals surface area contributed by atoms with E-state index in [9.17, 15) is 18.8 Å². The number of carbonyl (C=O) groups is 3. The summed E-state index contributed by atoms with van der Waals surface area (Å²) in [5.41, 5.74) is 0.996. The first-order valence-corrected chi connectivity index (χ1v) is 9.94. The highest BCUT2D eigenvalue weighted by Crippen LogP contribution is 2.27. The van der Waals surface area contributed by atoms with Crippen LogP contribution in [-0.2, 0) is 16.1 Å². The topological polar surface area (TPSA) is 108 Å². The van der Waals surface area contributed by atoms with Crippen molar-refractivity contribution in [3.05, 3.63) is 83.7 Å². The van der Waals surface area contributed by atoms with E-state index in [4.69, 9.17) is 19.0 Å². The normalized spacial score (nSPS) is 10.8. The Morgan fingerprint density at radius 3 is 2.52 bits per heavy atom. The molecular formula is C24H18FNO7. The lowest BCUT2D eigenvalue weighted by Gasteiger charge is -2.08. The van der Waals surface area contributed by atoms with E-state index in [1.807, 2.05) is 0 Å². The van der Waals surface area contributed by atoms with Crippen molar-refractivity contribution in [1.29, 1.82) is 0 Å². The van der Waals surface area contributed by atoms with Crippen LogP contribution in [0, 0.1) is 5.82 Å². The molecule has 0 fully saturated rings. The van der Waals surface area contributed by atoms with Gasteiger partial charge < -0.3 is 23.6 Å². The van der Waals surface area contributed by atoms with Gasteiger partial charge in [-0.05, 0) is 61.5 Å². The summed E-state index contributed by atoms with van der Waals surface area (Å²) in [5, 5.41) is 9.30. The summed E-state index contributed by atoms with van der Waals surface area (Å²) in [6.45, 7) is 2.03. The van der Waals surface area contributed by atoms with Gasteiger partial charge in [0.05, 0.1) is 17.7 Å². The largest absolute Gasteiger partial charge is 0.486 e. The monoisotopic (exact) mass is 451 g/mol. The van der Waals surface area contributed by atoms with E-state index < -0.39 is 23.5 Å². The summed E-state index contributed by atoms with van der Waals surface area (Å²) >= 11 is 0. The molecule has 0 spiro atoms. The van der Waals surface area contributed by atoms with Gasteiger partial charge in [-0.25, -0.2) is 14.0 Å². The number of benzene rings is 2. The highest BCUT2D eigenvalue weighted by Gasteiger charge is 2.22. The van der Waals surface area contributed by atoms with Crippen molar-refractivity contribution >= 4 is 28.6 Å². The summed E-state index contributed by atoms with van der Waals surface area (Å²) < 4.78 is 31.3. The second kappa shape index (κ2) is 8.99. The average molecular weight is 451 g/mol. The maximum Gasteiger partial charge on any atom is 0.377 e. The van der Waals surface area contributed by atoms with E-state index in [2.05, 4.69) is 0 Å². The number of hydrogen-bond donors (Lipinski definition) is 1. The summed E-state index contributed by atoms with van der Waals surface area (Å²) in [7, 11) is 0. The molecule has 2 aromatic carbocycles. The Hall–Kier alpha value is -4.40. The number of ether oxygens (including phenoxy) is 2. The number of Topliss-reactive ketones (excluding diaryl/α,β-unsaturated/α-hetero) is 1. The van der Waals surface area contributed by atoms with Gasteiger partial charge in [-0.1, -0.05) is 0 Å². The van der Waals surface area contributed by atoms with Crippen LogP contribution in [0.5, 0.6) is 5.75 Å². The van der Waals surface area contributed by atoms with Gasteiger partial charge in [-0.2, -0.15) is 0 Å². The fourth-order valence-electron chi connectivity index (χ4n) is 3.34. The first kappa shape index (κ1) is 21.8. The van der Waals surface area contributed by atoms with Crippen molar-refractivity contribution < 1.29 is 37.8 Å². The molecule has 0 saturated heterocycles. The second-order valence-electron chi connectivity index (χ2n) is 6.98. The number of carboxylic acid groups (broad SMARTS) is 1. The van der Waals surface area contributed by atoms with Gasteiger partial charge in [-0.15, -0.1) is 0 Å². The number of aliphatic carboxylic acids is 1. The third-order valence-corrected chi connectivity index (χ3v) is 4.84. The number of carbonyl (C=O) groups excluding carboxylic acids is 2. The smallest absolute Gasteiger partial charge is 0.377 e. The molecule has 0 unspecified atom stereocenters. The van der Waals surface area contributed by atoms with Gasteiger partial charge in [0.2, 0.25) is 5.76 Å². The zero-order chi connectivity index (χ0) is 23.5. The predicted octanol–water partition coefficient (Wildman–Crippen LogP) is 4.39. The Morgan fingerprint density at radius 2 is 1.82 bits per heavy atom. The standard InChI is InChI=1S/C24H18FNO7/c1-2-31-24(30)21-10-8-17(33-21)13-32-16-6-4-15(5-7-16)26-12-19(22(27)23(28)29)18-11-14(25)3-9-20(18)26/h3-12H,2,13H2,1H3,(H,28,29). The third-order valence-electron chi connectivity index (χ3n) is 4.84. The van der Waals surface area contributed by atoms with E-state index >= 15 is 0 Å². The van der Waals surface area contributed by atoms with Crippen LogP contribution in [0.15, 0.2) is 65.2 Å². The first-order valence-electron chi connectivity index (χ1n) is 9.94. The Balaban J connectivity index is 1.54. The van der Waals surface area contributed by atoms with Crippen molar-refractivity contribution in [1.82, 2.24) is 4.57 Å². The van der Waals surface area contributed by atoms with E-state index in [1.165, 1.54) is 24.4 Å². The van der Waals surface area contributed by atoms with Crippen LogP contribution in [-0.4, -0.2) is 34.0 Å². The average Bonchev–Trinajstić information content (AvgIpc) is 3.42. The van der Waals surface area contributed by atoms with Crippen LogP contribution < -0.4 is 4.74 Å². The van der Waals surface area contributed by atoms with Gasteiger partial charge in [0.15, 0.2) is 0 Å². The number of carboxylic acids is 1. The minimum absolute atomic E-state index is 0.0851. The van der Waals surface area contributed by atoms with E-state index in [-0.39, 0.29) is 29.9 Å². The SMILES string of the molecule is CCOC(=O)c1ccc(COc2ccc(-n3cc(C(=O)C(=O)O)c4cc(F)ccc43)cc2)o1. The number of nitrogens with zero attached hydrogens (tertiary/aromatic N) is 1. The van der Waals surface area contributed by atoms with Crippen molar-refractivity contribution in [2.24, 2.45) is 0 Å². The molecule has 0 aliphatic rings. The third kappa shape index (κ3) is 4.47. The Labute approximate surface area is 186 Å². The first-order chi connectivity index (χ1) is 15.9. The molecule has 0 aliphatic carbocycles. The second-order valence-corrected chi connectivity index (χ2v) is 6.98. The lowest BCUT2D eigenvalue weighted by molar-refractivity contribution is -0.131. The molecule has 8 nitrogen and oxygen atoms in total. The predicted molar refractivity (Wildman–Crippen MR) is 114 cm³/mol. The molecule has 0 atom stereocenters. The van der Waals surface area contributed by atoms with Crippen LogP contribution >= 0.6 is 0 Å². The number of rotatable bonds is 8. The number of hydrogen-bond acceptors (Lipinski definition) is 6. The zero-order valence-electron chi connectivity index (χ0n) is 17.4. The molecule has 9 heteroatoms. The quantitative estimate of drug-likeness (QED) is 0.241. The number of aromatic nitrogens is 1. The number of esters is 1. The molecule has 0 aliphatic heterocycles. The maximum atomic E-state index is 13.7. The van der Waals surface area contributed by atoms with Crippen LogP contribution in [0.4, 0.5) is 4.39 Å². The zero-order valence-corrected chi connectivity index (χ0v) is 17.4. The fourth-order valence-corrected chi connectivity index (χ4v) is 3.34. The molecule has 1 N–H and O–H groups in total. The van der Waals surface area contributed by atoms with E-state index in [0.717, 1.165) is 6.07 Å². The molecule has 0 amide bonds. The summed E-state index contributed by atoms with van der Waals surface area (Å²) in [6.07, 6.45) is 1.37. The van der Waals surface area contributed by atoms with Gasteiger partial charge in [0.25, 0.3) is 5.78 Å². The van der Waals surface area contributed by atoms with E-state index in [1.54, 1.807) is 41.8 Å². The van der Waals surface area contributed by atoms with Crippen LogP contribution in [0.3, 0.4) is 0 Å². The lowest BCUT2D eigenvalue weighted by Crippen LogP contribution is -2.12. The molecule has 0 radical (unpaired) electrons. The van der Waals surface area contributed by atoms with Crippen molar-refractivity contribution in [2.45, 2.75) is 13.5 Å². The Morgan fingerprint density at radius 1 is 1.06 bits per heavy atom. The van der Waals surface area contributed by atoms with Gasteiger partial charge >= 0.3 is 11.9 Å². The number of ketones is 1. The molecule has 0 saturated carbocycles. The molecule has 168 valence electrons. The Bertz CT molecular complexity index is 1350. The lowest BCUT2D eigenvalue weighted by atomic mass is 10.1. The number of halogens is 1. The van der Waals surface area contributed by atoms with Crippen LogP contribution in [0.1, 0.15) is 33.6 Å². The highest BCUT2D eigenvalue weighted by atomic mass is 19.1. The maximum absolute atomic E-state index is 13.7. The summed E-state index contributed by atoms with van der Waals surface area (Å²) in [6, 6.07) is 13.7. The molecule has 4 rings (SSSR count). The molecule has 0 bridgehead atoms. The summed E-state index contributed by atoms with van der Waals surface area (Å²) in [4.78, 5) is 34.9. The van der Waals surface area contributed by atoms with E-state index in [0.29, 0.717) is 22.7 Å². The molecular weight excluding hydrogens is 433 g/mol. The van der Waals surface area contributed by atoms with Gasteiger partial charge in [-0.3, -0.25) is 4.79 Å². The minimum atomic E-state index is -1.62. The Kier molecular flexibility index (Phi) is 5.95. The minimum Gasteiger partial charge on any atom is -0.486 e. The van der Waals surface area contributed by atoms with Crippen LogP contribution in [0.2, 0.25) is 0 Å². The number of fused-ring (bicyclic) bond motifs is 1. The van der Waals surface area contributed by atoms with Gasteiger partial charge in [0.1, 0.15) is 23.9 Å². The highest BCUT2D eigenvalue weighted by molar-refractivity contribution is 6.42. The molecule has 33 heavy (non-hydrogen) atoms. The van der Waals surface area contributed by atoms with Crippen LogP contribution in [0.25, 0.3) is 16.6 Å². The number of furan rings is 1. The molecule has 2 heterocycles. The van der Waals surface area contributed by atoms with Crippen molar-refractivity contribution in [3.63, 3.8) is 0 Å². The van der Waals surface area contributed by atoms with Crippen molar-refractivity contribution in [3.8, 4) is 11.4 Å².